The fourth-order valence-electron chi connectivity index (χ4n) is 22.8. The molecule has 0 nitrogen and oxygen atoms in total. The van der Waals surface area contributed by atoms with Gasteiger partial charge in [0.25, 0.3) is 0 Å². The molecular formula is C34H38F6FeP2. The molecule has 12 rings (SSSR count). The van der Waals surface area contributed by atoms with Crippen LogP contribution < -0.4 is 10.6 Å². The van der Waals surface area contributed by atoms with Crippen LogP contribution in [0.1, 0.15) is 59.6 Å². The van der Waals surface area contributed by atoms with Crippen LogP contribution in [0.5, 0.6) is 0 Å². The van der Waals surface area contributed by atoms with Crippen molar-refractivity contribution in [3.63, 3.8) is 0 Å². The van der Waals surface area contributed by atoms with Crippen LogP contribution in [0.3, 0.4) is 0 Å². The second-order valence-corrected chi connectivity index (χ2v) is 49.8. The number of hydrogen-bond donors (Lipinski definition) is 0. The van der Waals surface area contributed by atoms with Crippen LogP contribution in [0.2, 0.25) is 42.8 Å². The van der Waals surface area contributed by atoms with Crippen molar-refractivity contribution in [3.05, 3.63) is 59.7 Å². The third-order valence-electron chi connectivity index (χ3n) is 20.5. The van der Waals surface area contributed by atoms with Gasteiger partial charge in [0.2, 0.25) is 0 Å². The van der Waals surface area contributed by atoms with Crippen molar-refractivity contribution in [1.29, 1.82) is 0 Å². The van der Waals surface area contributed by atoms with E-state index in [-0.39, 0.29) is 18.2 Å². The molecule has 2 aromatic carbocycles. The summed E-state index contributed by atoms with van der Waals surface area (Å²) in [5, 5.41) is 2.22. The molecule has 6 atom stereocenters. The Morgan fingerprint density at radius 3 is 1.26 bits per heavy atom. The maximum absolute atomic E-state index is 13.6. The van der Waals surface area contributed by atoms with Gasteiger partial charge in [-0.05, 0) is 0 Å². The number of hydrogen-bond acceptors (Lipinski definition) is 0. The number of benzene rings is 2. The number of alkyl halides is 6. The zero-order valence-corrected chi connectivity index (χ0v) is 28.2. The topological polar surface area (TPSA) is 0 Å². The minimum absolute atomic E-state index is 0.212. The third-order valence-corrected chi connectivity index (χ3v) is 74.9. The summed E-state index contributed by atoms with van der Waals surface area (Å²) in [4.78, 5) is 8.30. The van der Waals surface area contributed by atoms with E-state index in [1.807, 2.05) is 0 Å². The van der Waals surface area contributed by atoms with E-state index >= 15 is 0 Å². The summed E-state index contributed by atoms with van der Waals surface area (Å²) in [7, 11) is -1.46. The van der Waals surface area contributed by atoms with Gasteiger partial charge in [-0.15, -0.1) is 0 Å². The Balaban J connectivity index is 1.09. The van der Waals surface area contributed by atoms with Gasteiger partial charge in [0.15, 0.2) is 0 Å². The Bertz CT molecular complexity index is 2000. The predicted molar refractivity (Wildman–Crippen MR) is 160 cm³/mol. The zero-order chi connectivity index (χ0) is 30.6. The SMILES string of the molecule is CC(P(c1ccc(C(F)(F)F)cc1)c1ccc(C(F)(F)F)cc1)[C@@]12[CH]3[CH]4[CH]5[C]1(P(C(C)(C)C)C(C)(C)C)[Fe]45321678[CH]2[CH]1[CH]6[CH]7[CH]28. The van der Waals surface area contributed by atoms with Crippen molar-refractivity contribution in [3.8, 4) is 0 Å². The van der Waals surface area contributed by atoms with E-state index in [0.717, 1.165) is 49.1 Å². The Hall–Kier alpha value is -0.601. The Morgan fingerprint density at radius 1 is 0.605 bits per heavy atom. The van der Waals surface area contributed by atoms with Gasteiger partial charge in [0.05, 0.1) is 0 Å². The van der Waals surface area contributed by atoms with Gasteiger partial charge < -0.3 is 0 Å². The third kappa shape index (κ3) is 0.741. The number of rotatable bonds is 5. The Labute approximate surface area is 241 Å². The first-order chi connectivity index (χ1) is 19.5. The van der Waals surface area contributed by atoms with Crippen LogP contribution in [0, 0.1) is 0 Å². The van der Waals surface area contributed by atoms with Crippen molar-refractivity contribution in [2.24, 2.45) is 0 Å². The van der Waals surface area contributed by atoms with Crippen molar-refractivity contribution in [1.82, 2.24) is 0 Å². The van der Waals surface area contributed by atoms with Crippen LogP contribution in [0.4, 0.5) is 26.3 Å². The minimum atomic E-state index is -4.42. The van der Waals surface area contributed by atoms with Crippen molar-refractivity contribution >= 4 is 26.5 Å². The molecule has 10 heterocycles. The Kier molecular flexibility index (Phi) is 2.25. The summed E-state index contributed by atoms with van der Waals surface area (Å²) >= 11 is 0. The average Bonchev–Trinajstić information content (AvgIpc) is 3.82. The van der Waals surface area contributed by atoms with Crippen LogP contribution in [0.15, 0.2) is 48.5 Å². The Morgan fingerprint density at radius 2 is 0.977 bits per heavy atom. The van der Waals surface area contributed by atoms with E-state index in [1.165, 1.54) is 24.3 Å². The second-order valence-electron chi connectivity index (χ2n) is 19.6. The zero-order valence-electron chi connectivity index (χ0n) is 25.3. The summed E-state index contributed by atoms with van der Waals surface area (Å²) < 4.78 is 82.7. The molecule has 10 saturated heterocycles. The van der Waals surface area contributed by atoms with E-state index in [9.17, 15) is 26.3 Å². The van der Waals surface area contributed by atoms with Crippen molar-refractivity contribution in [2.75, 3.05) is 0 Å². The molecule has 0 aromatic heterocycles. The van der Waals surface area contributed by atoms with Gasteiger partial charge in [0.1, 0.15) is 0 Å². The van der Waals surface area contributed by atoms with Crippen LogP contribution in [0.25, 0.3) is 0 Å². The molecule has 2 aromatic rings. The molecule has 234 valence electrons. The molecular weight excluding hydrogens is 640 g/mol. The second kappa shape index (κ2) is 3.80. The fourth-order valence-corrected chi connectivity index (χ4v) is 123. The summed E-state index contributed by atoms with van der Waals surface area (Å²) in [6.45, 7) is 13.3. The normalized spacial score (nSPS) is 58.7. The molecule has 0 N–H and O–H groups in total. The maximum atomic E-state index is 13.6. The number of fused-ring (bicyclic) bond motifs is 10. The molecule has 0 radical (unpaired) electrons. The molecule has 43 heavy (non-hydrogen) atoms. The first-order valence-electron chi connectivity index (χ1n) is 15.7. The van der Waals surface area contributed by atoms with E-state index in [2.05, 4.69) is 48.5 Å². The standard InChI is InChI=1S/C29H33F6P2.C5H5.Fe/c1-19(24-9-8-10-25(24)37(26(2,3)4)27(5,6)7)36(22-15-11-20(12-16-22)28(30,31)32)23-17-13-21(14-18-23)29(33,34)35;1-2-4-5-3-1;/h8-19H,1-7H3;1-5H;. The quantitative estimate of drug-likeness (QED) is 0.168. The summed E-state index contributed by atoms with van der Waals surface area (Å²) in [5.74, 6) is 0. The molecule has 10 aliphatic rings. The van der Waals surface area contributed by atoms with E-state index in [4.69, 9.17) is 0 Å². The van der Waals surface area contributed by atoms with Gasteiger partial charge in [-0.1, -0.05) is 0 Å². The summed E-state index contributed by atoms with van der Waals surface area (Å²) in [6, 6.07) is 11.5. The van der Waals surface area contributed by atoms with E-state index in [0.29, 0.717) is 14.0 Å². The molecule has 5 unspecified atom stereocenters. The van der Waals surface area contributed by atoms with Crippen LogP contribution in [-0.4, -0.2) is 20.0 Å². The molecule has 0 aliphatic carbocycles. The van der Waals surface area contributed by atoms with Gasteiger partial charge in [0, 0.05) is 0 Å². The van der Waals surface area contributed by atoms with Crippen LogP contribution in [-0.2, 0) is 18.9 Å². The fraction of sp³-hybridized carbons (Fsp3) is 0.647. The monoisotopic (exact) mass is 678 g/mol. The van der Waals surface area contributed by atoms with Gasteiger partial charge in [-0.3, -0.25) is 0 Å². The average molecular weight is 678 g/mol. The van der Waals surface area contributed by atoms with E-state index < -0.39 is 37.9 Å². The van der Waals surface area contributed by atoms with Gasteiger partial charge >= 0.3 is 243 Å². The van der Waals surface area contributed by atoms with E-state index in [1.54, 1.807) is 24.3 Å². The first kappa shape index (κ1) is 25.5. The van der Waals surface area contributed by atoms with Crippen molar-refractivity contribution < 1.29 is 32.9 Å². The molecule has 0 bridgehead atoms. The molecule has 10 aliphatic heterocycles. The molecule has 10 fully saturated rings. The molecule has 9 heteroatoms. The number of halogens is 6. The van der Waals surface area contributed by atoms with Gasteiger partial charge in [-0.2, -0.15) is 0 Å². The summed E-state index contributed by atoms with van der Waals surface area (Å²) in [6.07, 6.45) is -8.84. The van der Waals surface area contributed by atoms with Gasteiger partial charge in [-0.25, -0.2) is 0 Å². The first-order valence-corrected chi connectivity index (χ1v) is 24.6. The molecule has 0 saturated carbocycles. The molecule has 1 spiro atoms. The molecule has 0 amide bonds. The van der Waals surface area contributed by atoms with Crippen molar-refractivity contribution in [2.45, 2.75) is 124 Å². The predicted octanol–water partition coefficient (Wildman–Crippen LogP) is 11.3. The summed E-state index contributed by atoms with van der Waals surface area (Å²) in [5.41, 5.74) is -1.02. The van der Waals surface area contributed by atoms with Crippen LogP contribution >= 0.6 is 15.8 Å².